The third kappa shape index (κ3) is 2.23. The van der Waals surface area contributed by atoms with Crippen LogP contribution in [0.5, 0.6) is 0 Å². The van der Waals surface area contributed by atoms with Gasteiger partial charge in [-0.1, -0.05) is 48.5 Å². The van der Waals surface area contributed by atoms with E-state index < -0.39 is 11.6 Å². The predicted octanol–water partition coefficient (Wildman–Crippen LogP) is 3.37. The van der Waals surface area contributed by atoms with Crippen molar-refractivity contribution in [1.82, 2.24) is 0 Å². The molecule has 0 aliphatic rings. The van der Waals surface area contributed by atoms with Gasteiger partial charge in [0.25, 0.3) is 0 Å². The van der Waals surface area contributed by atoms with E-state index >= 15 is 0 Å². The highest BCUT2D eigenvalue weighted by Gasteiger charge is 2.21. The highest BCUT2D eigenvalue weighted by Crippen LogP contribution is 2.16. The highest BCUT2D eigenvalue weighted by atomic mass is 16.2. The number of carbonyl (C=O) groups is 2. The van der Waals surface area contributed by atoms with Gasteiger partial charge in [-0.25, -0.2) is 0 Å². The molecule has 0 aliphatic heterocycles. The zero-order valence-electron chi connectivity index (χ0n) is 10.4. The summed E-state index contributed by atoms with van der Waals surface area (Å²) in [6, 6.07) is 14.2. The van der Waals surface area contributed by atoms with Crippen molar-refractivity contribution in [3.8, 4) is 0 Å². The average molecular weight is 238 g/mol. The van der Waals surface area contributed by atoms with Crippen LogP contribution in [0.25, 0.3) is 0 Å². The van der Waals surface area contributed by atoms with Crippen LogP contribution in [-0.4, -0.2) is 11.6 Å². The van der Waals surface area contributed by atoms with E-state index in [1.807, 2.05) is 38.1 Å². The van der Waals surface area contributed by atoms with E-state index in [0.717, 1.165) is 11.1 Å². The first-order chi connectivity index (χ1) is 8.61. The maximum Gasteiger partial charge on any atom is 0.234 e. The van der Waals surface area contributed by atoms with Gasteiger partial charge in [0.2, 0.25) is 11.6 Å². The van der Waals surface area contributed by atoms with Gasteiger partial charge in [0, 0.05) is 11.1 Å². The van der Waals surface area contributed by atoms with Gasteiger partial charge in [-0.05, 0) is 25.0 Å². The van der Waals surface area contributed by atoms with Crippen LogP contribution < -0.4 is 0 Å². The molecule has 0 aliphatic carbocycles. The Balaban J connectivity index is 2.41. The van der Waals surface area contributed by atoms with E-state index in [1.54, 1.807) is 24.3 Å². The van der Waals surface area contributed by atoms with Crippen molar-refractivity contribution in [2.45, 2.75) is 13.8 Å². The molecule has 0 saturated carbocycles. The number of aryl methyl sites for hydroxylation is 2. The molecule has 2 nitrogen and oxygen atoms in total. The summed E-state index contributed by atoms with van der Waals surface area (Å²) in [7, 11) is 0. The first-order valence-corrected chi connectivity index (χ1v) is 5.81. The fourth-order valence-corrected chi connectivity index (χ4v) is 2.01. The van der Waals surface area contributed by atoms with Gasteiger partial charge >= 0.3 is 0 Å². The molecule has 0 atom stereocenters. The average Bonchev–Trinajstić information content (AvgIpc) is 2.38. The van der Waals surface area contributed by atoms with Crippen LogP contribution in [0.1, 0.15) is 31.8 Å². The normalized spacial score (nSPS) is 10.1. The van der Waals surface area contributed by atoms with E-state index in [4.69, 9.17) is 0 Å². The number of rotatable bonds is 3. The van der Waals surface area contributed by atoms with Crippen LogP contribution in [0.4, 0.5) is 0 Å². The molecule has 0 amide bonds. The Morgan fingerprint density at radius 3 is 1.83 bits per heavy atom. The van der Waals surface area contributed by atoms with Crippen LogP contribution >= 0.6 is 0 Å². The molecule has 0 unspecified atom stereocenters. The van der Waals surface area contributed by atoms with Crippen molar-refractivity contribution in [2.75, 3.05) is 0 Å². The highest BCUT2D eigenvalue weighted by molar-refractivity contribution is 6.49. The predicted molar refractivity (Wildman–Crippen MR) is 71.0 cm³/mol. The zero-order valence-corrected chi connectivity index (χ0v) is 10.4. The van der Waals surface area contributed by atoms with Gasteiger partial charge in [-0.3, -0.25) is 9.59 Å². The molecule has 2 rings (SSSR count). The quantitative estimate of drug-likeness (QED) is 0.607. The van der Waals surface area contributed by atoms with E-state index in [1.165, 1.54) is 0 Å². The molecule has 0 saturated heterocycles. The van der Waals surface area contributed by atoms with E-state index in [0.29, 0.717) is 11.1 Å². The summed E-state index contributed by atoms with van der Waals surface area (Å²) >= 11 is 0. The molecule has 0 heterocycles. The van der Waals surface area contributed by atoms with Gasteiger partial charge in [0.15, 0.2) is 0 Å². The second-order valence-corrected chi connectivity index (χ2v) is 4.29. The number of benzene rings is 2. The van der Waals surface area contributed by atoms with E-state index in [9.17, 15) is 9.59 Å². The molecule has 0 spiro atoms. The fraction of sp³-hybridized carbons (Fsp3) is 0.125. The van der Waals surface area contributed by atoms with Crippen molar-refractivity contribution >= 4 is 11.6 Å². The van der Waals surface area contributed by atoms with Crippen molar-refractivity contribution in [2.24, 2.45) is 0 Å². The zero-order chi connectivity index (χ0) is 13.1. The summed E-state index contributed by atoms with van der Waals surface area (Å²) in [5, 5.41) is 0. The number of carbonyl (C=O) groups excluding carboxylic acids is 2. The minimum atomic E-state index is -0.451. The summed E-state index contributed by atoms with van der Waals surface area (Å²) < 4.78 is 0. The topological polar surface area (TPSA) is 34.1 Å². The fourth-order valence-electron chi connectivity index (χ4n) is 2.01. The standard InChI is InChI=1S/C16H14O2/c1-11-7-6-8-12(2)14(11)16(18)15(17)13-9-4-3-5-10-13/h3-10H,1-2H3. The third-order valence-corrected chi connectivity index (χ3v) is 2.95. The molecule has 90 valence electrons. The Hall–Kier alpha value is -2.22. The molecule has 0 aromatic heterocycles. The van der Waals surface area contributed by atoms with Gasteiger partial charge in [-0.2, -0.15) is 0 Å². The van der Waals surface area contributed by atoms with Gasteiger partial charge in [-0.15, -0.1) is 0 Å². The Morgan fingerprint density at radius 1 is 0.722 bits per heavy atom. The third-order valence-electron chi connectivity index (χ3n) is 2.95. The minimum absolute atomic E-state index is 0.434. The molecular formula is C16H14O2. The number of hydrogen-bond donors (Lipinski definition) is 0. The molecule has 0 radical (unpaired) electrons. The second kappa shape index (κ2) is 4.96. The second-order valence-electron chi connectivity index (χ2n) is 4.29. The summed E-state index contributed by atoms with van der Waals surface area (Å²) in [6.45, 7) is 3.69. The van der Waals surface area contributed by atoms with Crippen molar-refractivity contribution in [1.29, 1.82) is 0 Å². The Labute approximate surface area is 106 Å². The maximum absolute atomic E-state index is 12.2. The molecule has 18 heavy (non-hydrogen) atoms. The lowest BCUT2D eigenvalue weighted by Gasteiger charge is -2.07. The molecular weight excluding hydrogens is 224 g/mol. The van der Waals surface area contributed by atoms with Crippen molar-refractivity contribution in [3.63, 3.8) is 0 Å². The minimum Gasteiger partial charge on any atom is -0.285 e. The molecule has 0 fully saturated rings. The number of hydrogen-bond acceptors (Lipinski definition) is 2. The molecule has 0 N–H and O–H groups in total. The van der Waals surface area contributed by atoms with Crippen molar-refractivity contribution < 1.29 is 9.59 Å². The molecule has 0 bridgehead atoms. The Bertz CT molecular complexity index is 577. The number of ketones is 2. The van der Waals surface area contributed by atoms with Gasteiger partial charge < -0.3 is 0 Å². The van der Waals surface area contributed by atoms with Crippen LogP contribution in [0, 0.1) is 13.8 Å². The van der Waals surface area contributed by atoms with Gasteiger partial charge in [0.1, 0.15) is 0 Å². The first kappa shape index (κ1) is 12.2. The summed E-state index contributed by atoms with van der Waals surface area (Å²) in [6.07, 6.45) is 0. The smallest absolute Gasteiger partial charge is 0.234 e. The van der Waals surface area contributed by atoms with Gasteiger partial charge in [0.05, 0.1) is 0 Å². The molecule has 2 aromatic carbocycles. The summed E-state index contributed by atoms with van der Waals surface area (Å²) in [5.74, 6) is -0.884. The Kier molecular flexibility index (Phi) is 3.38. The largest absolute Gasteiger partial charge is 0.285 e. The maximum atomic E-state index is 12.2. The lowest BCUT2D eigenvalue weighted by molar-refractivity contribution is 0.0816. The van der Waals surface area contributed by atoms with E-state index in [2.05, 4.69) is 0 Å². The first-order valence-electron chi connectivity index (χ1n) is 5.81. The Morgan fingerprint density at radius 2 is 1.28 bits per heavy atom. The monoisotopic (exact) mass is 238 g/mol. The van der Waals surface area contributed by atoms with Crippen LogP contribution in [0.2, 0.25) is 0 Å². The molecule has 2 aromatic rings. The number of Topliss-reactive ketones (excluding diaryl/α,β-unsaturated/α-hetero) is 2. The van der Waals surface area contributed by atoms with Crippen LogP contribution in [0.3, 0.4) is 0 Å². The SMILES string of the molecule is Cc1cccc(C)c1C(=O)C(=O)c1ccccc1. The van der Waals surface area contributed by atoms with Crippen molar-refractivity contribution in [3.05, 3.63) is 70.8 Å². The van der Waals surface area contributed by atoms with Crippen LogP contribution in [0.15, 0.2) is 48.5 Å². The summed E-state index contributed by atoms with van der Waals surface area (Å²) in [5.41, 5.74) is 2.63. The lowest BCUT2D eigenvalue weighted by Crippen LogP contribution is -2.16. The van der Waals surface area contributed by atoms with E-state index in [-0.39, 0.29) is 0 Å². The summed E-state index contributed by atoms with van der Waals surface area (Å²) in [4.78, 5) is 24.3. The molecule has 2 heteroatoms. The van der Waals surface area contributed by atoms with Crippen LogP contribution in [-0.2, 0) is 0 Å². The lowest BCUT2D eigenvalue weighted by atomic mass is 9.94.